The van der Waals surface area contributed by atoms with E-state index < -0.39 is 18.3 Å². The van der Waals surface area contributed by atoms with Crippen LogP contribution >= 0.6 is 0 Å². The predicted molar refractivity (Wildman–Crippen MR) is 45.8 cm³/mol. The first-order chi connectivity index (χ1) is 6.45. The predicted octanol–water partition coefficient (Wildman–Crippen LogP) is 2.03. The molecule has 0 saturated carbocycles. The highest BCUT2D eigenvalue weighted by molar-refractivity contribution is 6.73. The minimum atomic E-state index is -5.13. The maximum absolute atomic E-state index is 13.0. The molecule has 1 nitrogen and oxygen atoms in total. The fourth-order valence-corrected chi connectivity index (χ4v) is 1.04. The van der Waals surface area contributed by atoms with Crippen molar-refractivity contribution in [2.45, 2.75) is 6.61 Å². The number of halogens is 4. The van der Waals surface area contributed by atoms with Crippen LogP contribution in [0.1, 0.15) is 5.56 Å². The standard InChI is InChI=1S/C8H8BF4O/c1-14-5-6-2-3-7(4-8(6)10)9(11,12)13/h2-4H,5H2,1H3/q-1. The van der Waals surface area contributed by atoms with E-state index in [0.717, 1.165) is 12.1 Å². The third kappa shape index (κ3) is 2.48. The number of hydrogen-bond donors (Lipinski definition) is 0. The van der Waals surface area contributed by atoms with Crippen LogP contribution in [0.25, 0.3) is 0 Å². The largest absolute Gasteiger partial charge is 0.509 e. The van der Waals surface area contributed by atoms with Crippen LogP contribution in [0.15, 0.2) is 18.2 Å². The van der Waals surface area contributed by atoms with Crippen LogP contribution in [0.5, 0.6) is 0 Å². The molecule has 0 bridgehead atoms. The Morgan fingerprint density at radius 1 is 1.29 bits per heavy atom. The van der Waals surface area contributed by atoms with Crippen LogP contribution in [0.2, 0.25) is 0 Å². The average molecular weight is 207 g/mol. The van der Waals surface area contributed by atoms with Gasteiger partial charge in [-0.3, -0.25) is 0 Å². The van der Waals surface area contributed by atoms with Gasteiger partial charge in [-0.25, -0.2) is 4.39 Å². The minimum absolute atomic E-state index is 0.0308. The van der Waals surface area contributed by atoms with E-state index in [-0.39, 0.29) is 12.2 Å². The zero-order valence-electron chi connectivity index (χ0n) is 7.44. The monoisotopic (exact) mass is 207 g/mol. The molecule has 0 radical (unpaired) electrons. The zero-order valence-corrected chi connectivity index (χ0v) is 7.44. The highest BCUT2D eigenvalue weighted by Crippen LogP contribution is 2.13. The first-order valence-corrected chi connectivity index (χ1v) is 3.92. The summed E-state index contributed by atoms with van der Waals surface area (Å²) in [7, 11) is 1.35. The Kier molecular flexibility index (Phi) is 3.15. The molecule has 0 fully saturated rings. The summed E-state index contributed by atoms with van der Waals surface area (Å²) in [5, 5.41) is 0. The molecule has 1 aromatic carbocycles. The molecule has 0 heterocycles. The molecule has 0 amide bonds. The molecule has 0 saturated heterocycles. The van der Waals surface area contributed by atoms with Gasteiger partial charge in [-0.05, 0) is 0 Å². The lowest BCUT2D eigenvalue weighted by Gasteiger charge is -2.15. The maximum Gasteiger partial charge on any atom is 0.509 e. The van der Waals surface area contributed by atoms with Crippen molar-refractivity contribution < 1.29 is 22.1 Å². The Hall–Kier alpha value is -1.04. The van der Waals surface area contributed by atoms with Gasteiger partial charge in [0.2, 0.25) is 0 Å². The van der Waals surface area contributed by atoms with Gasteiger partial charge in [-0.15, -0.1) is 5.46 Å². The number of ether oxygens (including phenoxy) is 1. The van der Waals surface area contributed by atoms with Crippen molar-refractivity contribution in [1.82, 2.24) is 0 Å². The second-order valence-corrected chi connectivity index (χ2v) is 2.86. The van der Waals surface area contributed by atoms with Crippen molar-refractivity contribution in [3.63, 3.8) is 0 Å². The lowest BCUT2D eigenvalue weighted by Crippen LogP contribution is -2.34. The van der Waals surface area contributed by atoms with E-state index in [2.05, 4.69) is 4.74 Å². The van der Waals surface area contributed by atoms with Gasteiger partial charge in [0.1, 0.15) is 5.82 Å². The number of methoxy groups -OCH3 is 1. The molecule has 6 heteroatoms. The Bertz CT molecular complexity index is 324. The van der Waals surface area contributed by atoms with E-state index >= 15 is 0 Å². The molecule has 14 heavy (non-hydrogen) atoms. The molecule has 0 aliphatic rings. The molecule has 1 rings (SSSR count). The van der Waals surface area contributed by atoms with Crippen molar-refractivity contribution in [3.8, 4) is 0 Å². The molecule has 0 atom stereocenters. The average Bonchev–Trinajstić information content (AvgIpc) is 2.07. The summed E-state index contributed by atoms with van der Waals surface area (Å²) in [5.74, 6) is -0.886. The van der Waals surface area contributed by atoms with Gasteiger partial charge in [0, 0.05) is 12.7 Å². The van der Waals surface area contributed by atoms with Gasteiger partial charge in [0.05, 0.1) is 6.61 Å². The van der Waals surface area contributed by atoms with Crippen molar-refractivity contribution in [3.05, 3.63) is 29.6 Å². The SMILES string of the molecule is COCc1ccc([B-](F)(F)F)cc1F. The molecule has 0 aliphatic heterocycles. The van der Waals surface area contributed by atoms with Gasteiger partial charge < -0.3 is 17.7 Å². The fraction of sp³-hybridized carbons (Fsp3) is 0.250. The van der Waals surface area contributed by atoms with Crippen LogP contribution < -0.4 is 5.46 Å². The minimum Gasteiger partial charge on any atom is -0.445 e. The van der Waals surface area contributed by atoms with Gasteiger partial charge in [-0.1, -0.05) is 18.2 Å². The Labute approximate surface area is 78.7 Å². The summed E-state index contributed by atoms with van der Waals surface area (Å²) in [5.41, 5.74) is -0.807. The number of benzene rings is 1. The smallest absolute Gasteiger partial charge is 0.445 e. The lowest BCUT2D eigenvalue weighted by molar-refractivity contribution is 0.181. The highest BCUT2D eigenvalue weighted by Gasteiger charge is 2.26. The summed E-state index contributed by atoms with van der Waals surface area (Å²) in [4.78, 5) is 0. The van der Waals surface area contributed by atoms with Crippen molar-refractivity contribution in [1.29, 1.82) is 0 Å². The van der Waals surface area contributed by atoms with E-state index in [4.69, 9.17) is 0 Å². The lowest BCUT2D eigenvalue weighted by atomic mass is 9.80. The summed E-state index contributed by atoms with van der Waals surface area (Å²) in [6.07, 6.45) is 0. The van der Waals surface area contributed by atoms with E-state index in [1.165, 1.54) is 7.11 Å². The Morgan fingerprint density at radius 2 is 1.93 bits per heavy atom. The van der Waals surface area contributed by atoms with E-state index in [1.54, 1.807) is 0 Å². The van der Waals surface area contributed by atoms with Crippen LogP contribution in [0.4, 0.5) is 17.3 Å². The van der Waals surface area contributed by atoms with Crippen LogP contribution in [0, 0.1) is 5.82 Å². The molecule has 78 valence electrons. The number of hydrogen-bond acceptors (Lipinski definition) is 1. The van der Waals surface area contributed by atoms with E-state index in [1.807, 2.05) is 0 Å². The quantitative estimate of drug-likeness (QED) is 0.544. The van der Waals surface area contributed by atoms with Crippen LogP contribution in [-0.4, -0.2) is 14.1 Å². The summed E-state index contributed by atoms with van der Waals surface area (Å²) in [6.45, 7) is -5.16. The second kappa shape index (κ2) is 4.00. The van der Waals surface area contributed by atoms with E-state index in [9.17, 15) is 17.3 Å². The number of rotatable bonds is 3. The van der Waals surface area contributed by atoms with E-state index in [0.29, 0.717) is 6.07 Å². The highest BCUT2D eigenvalue weighted by atomic mass is 19.4. The normalized spacial score (nSPS) is 11.8. The third-order valence-electron chi connectivity index (χ3n) is 1.75. The first-order valence-electron chi connectivity index (χ1n) is 3.92. The molecule has 0 aromatic heterocycles. The molecule has 0 aliphatic carbocycles. The van der Waals surface area contributed by atoms with Crippen molar-refractivity contribution >= 4 is 12.4 Å². The van der Waals surface area contributed by atoms with Crippen LogP contribution in [0.3, 0.4) is 0 Å². The second-order valence-electron chi connectivity index (χ2n) is 2.86. The molecule has 1 aromatic rings. The third-order valence-corrected chi connectivity index (χ3v) is 1.75. The Balaban J connectivity index is 3.01. The summed E-state index contributed by atoms with van der Waals surface area (Å²) >= 11 is 0. The molecular weight excluding hydrogens is 199 g/mol. The Morgan fingerprint density at radius 3 is 2.36 bits per heavy atom. The maximum atomic E-state index is 13.0. The zero-order chi connectivity index (χ0) is 10.8. The topological polar surface area (TPSA) is 9.23 Å². The molecule has 0 unspecified atom stereocenters. The molecule has 0 spiro atoms. The first kappa shape index (κ1) is 11.0. The van der Waals surface area contributed by atoms with Gasteiger partial charge in [-0.2, -0.15) is 0 Å². The summed E-state index contributed by atoms with van der Waals surface area (Å²) < 4.78 is 54.1. The fourth-order valence-electron chi connectivity index (χ4n) is 1.04. The summed E-state index contributed by atoms with van der Waals surface area (Å²) in [6, 6.07) is 2.44. The van der Waals surface area contributed by atoms with Gasteiger partial charge in [0.25, 0.3) is 0 Å². The molecule has 0 N–H and O–H groups in total. The van der Waals surface area contributed by atoms with Crippen molar-refractivity contribution in [2.24, 2.45) is 0 Å². The van der Waals surface area contributed by atoms with Gasteiger partial charge >= 0.3 is 6.98 Å². The van der Waals surface area contributed by atoms with Crippen molar-refractivity contribution in [2.75, 3.05) is 7.11 Å². The van der Waals surface area contributed by atoms with Gasteiger partial charge in [0.15, 0.2) is 0 Å². The van der Waals surface area contributed by atoms with Crippen LogP contribution in [-0.2, 0) is 11.3 Å². The molecular formula is C8H8BF4O-.